The lowest BCUT2D eigenvalue weighted by Gasteiger charge is -2.09. The topological polar surface area (TPSA) is 53.6 Å². The maximum absolute atomic E-state index is 13.0. The Hall–Kier alpha value is -2.35. The van der Waals surface area contributed by atoms with E-state index in [1.54, 1.807) is 6.07 Å². The van der Waals surface area contributed by atoms with Crippen molar-refractivity contribution in [3.63, 3.8) is 0 Å². The third kappa shape index (κ3) is 3.35. The van der Waals surface area contributed by atoms with Gasteiger partial charge in [0, 0.05) is 18.8 Å². The lowest BCUT2D eigenvalue weighted by Crippen LogP contribution is -2.09. The number of nitriles is 1. The van der Waals surface area contributed by atoms with Gasteiger partial charge in [-0.2, -0.15) is 10.4 Å². The Morgan fingerprint density at radius 1 is 1.35 bits per heavy atom. The van der Waals surface area contributed by atoms with Gasteiger partial charge in [0.05, 0.1) is 16.9 Å². The molecule has 104 valence electrons. The van der Waals surface area contributed by atoms with Gasteiger partial charge in [-0.05, 0) is 44.5 Å². The van der Waals surface area contributed by atoms with E-state index in [2.05, 4.69) is 10.4 Å². The molecule has 0 amide bonds. The van der Waals surface area contributed by atoms with Gasteiger partial charge in [0.1, 0.15) is 11.9 Å². The van der Waals surface area contributed by atoms with Crippen molar-refractivity contribution in [2.24, 2.45) is 0 Å². The van der Waals surface area contributed by atoms with Gasteiger partial charge in [0.2, 0.25) is 0 Å². The van der Waals surface area contributed by atoms with E-state index in [-0.39, 0.29) is 0 Å². The first-order valence-electron chi connectivity index (χ1n) is 6.54. The molecule has 2 aromatic rings. The number of halogens is 1. The van der Waals surface area contributed by atoms with Crippen molar-refractivity contribution in [3.8, 4) is 6.07 Å². The van der Waals surface area contributed by atoms with E-state index in [0.29, 0.717) is 17.8 Å². The van der Waals surface area contributed by atoms with Gasteiger partial charge in [-0.3, -0.25) is 4.68 Å². The van der Waals surface area contributed by atoms with E-state index < -0.39 is 5.82 Å². The second-order valence-corrected chi connectivity index (χ2v) is 4.73. The molecule has 0 aliphatic carbocycles. The van der Waals surface area contributed by atoms with Gasteiger partial charge in [0.15, 0.2) is 0 Å². The number of anilines is 1. The average molecular weight is 272 g/mol. The van der Waals surface area contributed by atoms with Gasteiger partial charge >= 0.3 is 0 Å². The van der Waals surface area contributed by atoms with Crippen LogP contribution in [0.25, 0.3) is 0 Å². The molecule has 0 radical (unpaired) electrons. The van der Waals surface area contributed by atoms with Crippen molar-refractivity contribution in [1.82, 2.24) is 9.78 Å². The fraction of sp³-hybridized carbons (Fsp3) is 0.333. The predicted octanol–water partition coefficient (Wildman–Crippen LogP) is 3.01. The molecule has 1 N–H and O–H groups in total. The molecule has 1 aromatic heterocycles. The van der Waals surface area contributed by atoms with E-state index >= 15 is 0 Å². The maximum Gasteiger partial charge on any atom is 0.124 e. The fourth-order valence-corrected chi connectivity index (χ4v) is 2.12. The van der Waals surface area contributed by atoms with E-state index in [4.69, 9.17) is 5.26 Å². The summed E-state index contributed by atoms with van der Waals surface area (Å²) in [4.78, 5) is 0. The molecule has 1 aromatic carbocycles. The summed E-state index contributed by atoms with van der Waals surface area (Å²) in [5.74, 6) is -0.394. The number of aromatic nitrogens is 2. The minimum absolute atomic E-state index is 0.330. The number of hydrogen-bond acceptors (Lipinski definition) is 3. The fourth-order valence-electron chi connectivity index (χ4n) is 2.12. The monoisotopic (exact) mass is 272 g/mol. The lowest BCUT2D eigenvalue weighted by molar-refractivity contribution is 0.573. The van der Waals surface area contributed by atoms with Gasteiger partial charge < -0.3 is 5.32 Å². The van der Waals surface area contributed by atoms with Crippen LogP contribution in [0.2, 0.25) is 0 Å². The molecule has 0 saturated carbocycles. The van der Waals surface area contributed by atoms with Gasteiger partial charge in [-0.25, -0.2) is 4.39 Å². The SMILES string of the molecule is Cc1cc(C)n(CCCNc2ccc(F)cc2C#N)n1. The number of benzene rings is 1. The predicted molar refractivity (Wildman–Crippen MR) is 75.9 cm³/mol. The summed E-state index contributed by atoms with van der Waals surface area (Å²) in [5.41, 5.74) is 3.15. The number of nitrogens with zero attached hydrogens (tertiary/aromatic N) is 3. The van der Waals surface area contributed by atoms with Crippen molar-refractivity contribution >= 4 is 5.69 Å². The van der Waals surface area contributed by atoms with E-state index in [1.807, 2.05) is 30.7 Å². The maximum atomic E-state index is 13.0. The number of nitrogens with one attached hydrogen (secondary N) is 1. The minimum Gasteiger partial charge on any atom is -0.384 e. The quantitative estimate of drug-likeness (QED) is 0.851. The molecule has 4 nitrogen and oxygen atoms in total. The summed E-state index contributed by atoms with van der Waals surface area (Å²) < 4.78 is 15.0. The molecule has 0 aliphatic heterocycles. The van der Waals surface area contributed by atoms with Crippen LogP contribution in [0.5, 0.6) is 0 Å². The van der Waals surface area contributed by atoms with Crippen LogP contribution in [0.1, 0.15) is 23.4 Å². The number of aryl methyl sites for hydroxylation is 3. The molecular formula is C15H17FN4. The molecule has 0 bridgehead atoms. The minimum atomic E-state index is -0.394. The highest BCUT2D eigenvalue weighted by molar-refractivity contribution is 5.57. The van der Waals surface area contributed by atoms with Crippen LogP contribution >= 0.6 is 0 Å². The summed E-state index contributed by atoms with van der Waals surface area (Å²) in [7, 11) is 0. The van der Waals surface area contributed by atoms with Crippen LogP contribution in [0.3, 0.4) is 0 Å². The Kier molecular flexibility index (Phi) is 4.36. The highest BCUT2D eigenvalue weighted by Gasteiger charge is 2.04. The molecular weight excluding hydrogens is 255 g/mol. The second kappa shape index (κ2) is 6.20. The van der Waals surface area contributed by atoms with Crippen LogP contribution < -0.4 is 5.32 Å². The van der Waals surface area contributed by atoms with Gasteiger partial charge in [-0.15, -0.1) is 0 Å². The molecule has 2 rings (SSSR count). The van der Waals surface area contributed by atoms with Crippen molar-refractivity contribution in [3.05, 3.63) is 47.0 Å². The van der Waals surface area contributed by atoms with Crippen LogP contribution in [-0.4, -0.2) is 16.3 Å². The average Bonchev–Trinajstić information content (AvgIpc) is 2.74. The highest BCUT2D eigenvalue weighted by atomic mass is 19.1. The van der Waals surface area contributed by atoms with E-state index in [0.717, 1.165) is 24.4 Å². The molecule has 20 heavy (non-hydrogen) atoms. The first-order valence-corrected chi connectivity index (χ1v) is 6.54. The molecule has 0 unspecified atom stereocenters. The second-order valence-electron chi connectivity index (χ2n) is 4.73. The van der Waals surface area contributed by atoms with Crippen LogP contribution in [0, 0.1) is 31.0 Å². The summed E-state index contributed by atoms with van der Waals surface area (Å²) in [6.45, 7) is 5.52. The number of hydrogen-bond donors (Lipinski definition) is 1. The first-order chi connectivity index (χ1) is 9.60. The molecule has 0 saturated heterocycles. The Morgan fingerprint density at radius 2 is 2.15 bits per heavy atom. The summed E-state index contributed by atoms with van der Waals surface area (Å²) in [5, 5.41) is 16.5. The third-order valence-electron chi connectivity index (χ3n) is 3.07. The Balaban J connectivity index is 1.88. The molecule has 5 heteroatoms. The molecule has 0 atom stereocenters. The van der Waals surface area contributed by atoms with Crippen molar-refractivity contribution in [2.45, 2.75) is 26.8 Å². The molecule has 1 heterocycles. The first kappa shape index (κ1) is 14.1. The Bertz CT molecular complexity index is 640. The largest absolute Gasteiger partial charge is 0.384 e. The van der Waals surface area contributed by atoms with Crippen LogP contribution in [0.4, 0.5) is 10.1 Å². The van der Waals surface area contributed by atoms with Gasteiger partial charge in [0.25, 0.3) is 0 Å². The normalized spacial score (nSPS) is 10.3. The number of rotatable bonds is 5. The summed E-state index contributed by atoms with van der Waals surface area (Å²) in [6, 6.07) is 8.22. The standard InChI is InChI=1S/C15H17FN4/c1-11-8-12(2)20(19-11)7-3-6-18-15-5-4-14(16)9-13(15)10-17/h4-5,8-9,18H,3,6-7H2,1-2H3. The summed E-state index contributed by atoms with van der Waals surface area (Å²) >= 11 is 0. The summed E-state index contributed by atoms with van der Waals surface area (Å²) in [6.07, 6.45) is 0.879. The molecule has 0 aliphatic rings. The van der Waals surface area contributed by atoms with Crippen LogP contribution in [-0.2, 0) is 6.54 Å². The Labute approximate surface area is 117 Å². The molecule has 0 fully saturated rings. The van der Waals surface area contributed by atoms with Crippen molar-refractivity contribution < 1.29 is 4.39 Å². The van der Waals surface area contributed by atoms with Crippen LogP contribution in [0.15, 0.2) is 24.3 Å². The zero-order valence-corrected chi connectivity index (χ0v) is 11.7. The molecule has 0 spiro atoms. The Morgan fingerprint density at radius 3 is 2.80 bits per heavy atom. The lowest BCUT2D eigenvalue weighted by atomic mass is 10.2. The van der Waals surface area contributed by atoms with Gasteiger partial charge in [-0.1, -0.05) is 0 Å². The van der Waals surface area contributed by atoms with E-state index in [9.17, 15) is 4.39 Å². The highest BCUT2D eigenvalue weighted by Crippen LogP contribution is 2.15. The van der Waals surface area contributed by atoms with Crippen molar-refractivity contribution in [1.29, 1.82) is 5.26 Å². The van der Waals surface area contributed by atoms with E-state index in [1.165, 1.54) is 12.1 Å². The third-order valence-corrected chi connectivity index (χ3v) is 3.07. The zero-order valence-electron chi connectivity index (χ0n) is 11.7. The van der Waals surface area contributed by atoms with Crippen molar-refractivity contribution in [2.75, 3.05) is 11.9 Å². The zero-order chi connectivity index (χ0) is 14.5. The smallest absolute Gasteiger partial charge is 0.124 e.